The van der Waals surface area contributed by atoms with Gasteiger partial charge in [-0.3, -0.25) is 4.99 Å². The average molecular weight is 361 g/mol. The predicted molar refractivity (Wildman–Crippen MR) is 116 cm³/mol. The Kier molecular flexibility index (Phi) is 5.80. The number of hydrogen-bond donors (Lipinski definition) is 0. The van der Waals surface area contributed by atoms with Crippen LogP contribution in [0.25, 0.3) is 27.9 Å². The third-order valence-corrected chi connectivity index (χ3v) is 4.98. The smallest absolute Gasteiger partial charge is 0.137 e. The van der Waals surface area contributed by atoms with Gasteiger partial charge in [-0.2, -0.15) is 0 Å². The first-order valence-corrected chi connectivity index (χ1v) is 9.71. The van der Waals surface area contributed by atoms with E-state index in [0.29, 0.717) is 0 Å². The molecule has 0 atom stereocenters. The first kappa shape index (κ1) is 19.0. The number of rotatable bonds is 6. The van der Waals surface area contributed by atoms with E-state index in [1.807, 2.05) is 26.0 Å². The van der Waals surface area contributed by atoms with Crippen LogP contribution in [0.15, 0.2) is 64.5 Å². The number of allylic oxidation sites excluding steroid dienone is 3. The van der Waals surface area contributed by atoms with Gasteiger partial charge in [0.05, 0.1) is 5.36 Å². The van der Waals surface area contributed by atoms with Crippen molar-refractivity contribution in [2.45, 2.75) is 27.7 Å². The van der Waals surface area contributed by atoms with Crippen molar-refractivity contribution < 1.29 is 4.42 Å². The van der Waals surface area contributed by atoms with E-state index in [0.717, 1.165) is 58.4 Å². The Hall–Kier alpha value is -2.81. The minimum absolute atomic E-state index is 0.755. The quantitative estimate of drug-likeness (QED) is 0.405. The minimum atomic E-state index is 0.755. The van der Waals surface area contributed by atoms with E-state index in [-0.39, 0.29) is 0 Å². The van der Waals surface area contributed by atoms with Crippen LogP contribution in [0.3, 0.4) is 0 Å². The van der Waals surface area contributed by atoms with Crippen molar-refractivity contribution in [2.24, 2.45) is 4.99 Å². The van der Waals surface area contributed by atoms with E-state index in [9.17, 15) is 0 Å². The lowest BCUT2D eigenvalue weighted by molar-refractivity contribution is 0.617. The first-order valence-electron chi connectivity index (χ1n) is 9.71. The highest BCUT2D eigenvalue weighted by Gasteiger charge is 2.17. The van der Waals surface area contributed by atoms with Crippen LogP contribution < -0.4 is 10.3 Å². The van der Waals surface area contributed by atoms with Crippen LogP contribution in [0, 0.1) is 0 Å². The largest absolute Gasteiger partial charge is 0.456 e. The standard InChI is InChI=1S/C24H28N2O/c1-6-17(7-2)24-20-13-11-18(25-8-3)15-22(20)27-23-16-19(12-14-21(23)24)26(9-4)10-5/h6-7,11-16H,1,8-10H2,2-5H3/b17-7+,25-18?. The second-order valence-corrected chi connectivity index (χ2v) is 6.43. The van der Waals surface area contributed by atoms with Gasteiger partial charge in [-0.15, -0.1) is 0 Å². The third-order valence-electron chi connectivity index (χ3n) is 4.98. The summed E-state index contributed by atoms with van der Waals surface area (Å²) in [6, 6.07) is 12.7. The third kappa shape index (κ3) is 3.55. The second-order valence-electron chi connectivity index (χ2n) is 6.43. The van der Waals surface area contributed by atoms with Crippen molar-refractivity contribution in [3.63, 3.8) is 0 Å². The summed E-state index contributed by atoms with van der Waals surface area (Å²) in [6.07, 6.45) is 4.01. The van der Waals surface area contributed by atoms with Crippen LogP contribution >= 0.6 is 0 Å². The van der Waals surface area contributed by atoms with Crippen LogP contribution in [0.4, 0.5) is 5.69 Å². The lowest BCUT2D eigenvalue weighted by Crippen LogP contribution is -2.21. The summed E-state index contributed by atoms with van der Waals surface area (Å²) in [4.78, 5) is 6.85. The van der Waals surface area contributed by atoms with Gasteiger partial charge in [0.2, 0.25) is 0 Å². The Morgan fingerprint density at radius 1 is 1.11 bits per heavy atom. The molecule has 3 nitrogen and oxygen atoms in total. The first-order chi connectivity index (χ1) is 13.2. The molecule has 1 aliphatic heterocycles. The average Bonchev–Trinajstić information content (AvgIpc) is 2.69. The van der Waals surface area contributed by atoms with Gasteiger partial charge in [0.15, 0.2) is 0 Å². The summed E-state index contributed by atoms with van der Waals surface area (Å²) in [5.74, 6) is 0.852. The highest BCUT2D eigenvalue weighted by Crippen LogP contribution is 2.38. The molecule has 1 aromatic carbocycles. The molecule has 0 fully saturated rings. The summed E-state index contributed by atoms with van der Waals surface area (Å²) in [5, 5.41) is 2.05. The molecule has 0 saturated carbocycles. The molecule has 2 aliphatic rings. The molecule has 0 unspecified atom stereocenters. The van der Waals surface area contributed by atoms with Gasteiger partial charge >= 0.3 is 0 Å². The van der Waals surface area contributed by atoms with E-state index >= 15 is 0 Å². The fourth-order valence-corrected chi connectivity index (χ4v) is 3.61. The molecule has 0 radical (unpaired) electrons. The maximum absolute atomic E-state index is 6.34. The summed E-state index contributed by atoms with van der Waals surface area (Å²) < 4.78 is 6.34. The Morgan fingerprint density at radius 2 is 1.89 bits per heavy atom. The van der Waals surface area contributed by atoms with Crippen molar-refractivity contribution in [1.82, 2.24) is 0 Å². The van der Waals surface area contributed by atoms with Crippen molar-refractivity contribution >= 4 is 22.2 Å². The van der Waals surface area contributed by atoms with E-state index in [1.165, 1.54) is 5.69 Å². The predicted octanol–water partition coefficient (Wildman–Crippen LogP) is 5.89. The zero-order valence-corrected chi connectivity index (χ0v) is 16.7. The van der Waals surface area contributed by atoms with E-state index < -0.39 is 0 Å². The molecular weight excluding hydrogens is 332 g/mol. The van der Waals surface area contributed by atoms with Gasteiger partial charge in [-0.1, -0.05) is 18.7 Å². The number of fused-ring (bicyclic) bond motifs is 2. The molecule has 1 aliphatic carbocycles. The molecule has 0 bridgehead atoms. The van der Waals surface area contributed by atoms with E-state index in [4.69, 9.17) is 4.42 Å². The van der Waals surface area contributed by atoms with Gasteiger partial charge < -0.3 is 9.32 Å². The summed E-state index contributed by atoms with van der Waals surface area (Å²) in [5.41, 5.74) is 5.42. The molecule has 3 heteroatoms. The van der Waals surface area contributed by atoms with Crippen molar-refractivity contribution in [1.29, 1.82) is 0 Å². The number of benzene rings is 2. The van der Waals surface area contributed by atoms with Crippen LogP contribution in [0.5, 0.6) is 0 Å². The molecular formula is C24H28N2O. The molecule has 1 aromatic rings. The Balaban J connectivity index is 2.39. The van der Waals surface area contributed by atoms with Crippen LogP contribution in [0.2, 0.25) is 0 Å². The fourth-order valence-electron chi connectivity index (χ4n) is 3.61. The van der Waals surface area contributed by atoms with Crippen LogP contribution in [0.1, 0.15) is 33.3 Å². The Labute approximate surface area is 161 Å². The number of hydrogen-bond acceptors (Lipinski definition) is 3. The normalized spacial score (nSPS) is 12.7. The number of anilines is 1. The number of nitrogens with zero attached hydrogens (tertiary/aromatic N) is 2. The van der Waals surface area contributed by atoms with Gasteiger partial charge in [-0.25, -0.2) is 0 Å². The fraction of sp³-hybridized carbons (Fsp3) is 0.292. The molecule has 3 rings (SSSR count). The second kappa shape index (κ2) is 8.26. The van der Waals surface area contributed by atoms with E-state index in [2.05, 4.69) is 66.7 Å². The highest BCUT2D eigenvalue weighted by atomic mass is 16.3. The van der Waals surface area contributed by atoms with E-state index in [1.54, 1.807) is 0 Å². The van der Waals surface area contributed by atoms with Crippen LogP contribution in [-0.4, -0.2) is 19.6 Å². The molecule has 140 valence electrons. The molecule has 0 N–H and O–H groups in total. The maximum atomic E-state index is 6.34. The Bertz CT molecular complexity index is 1020. The Morgan fingerprint density at radius 3 is 2.52 bits per heavy atom. The van der Waals surface area contributed by atoms with Gasteiger partial charge in [0.1, 0.15) is 11.3 Å². The summed E-state index contributed by atoms with van der Waals surface area (Å²) >= 11 is 0. The minimum Gasteiger partial charge on any atom is -0.456 e. The van der Waals surface area contributed by atoms with Gasteiger partial charge in [0, 0.05) is 54.0 Å². The highest BCUT2D eigenvalue weighted by molar-refractivity contribution is 6.01. The zero-order chi connectivity index (χ0) is 19.4. The monoisotopic (exact) mass is 360 g/mol. The van der Waals surface area contributed by atoms with Gasteiger partial charge in [-0.05, 0) is 57.5 Å². The topological polar surface area (TPSA) is 28.7 Å². The molecule has 1 heterocycles. The molecule has 27 heavy (non-hydrogen) atoms. The van der Waals surface area contributed by atoms with Crippen molar-refractivity contribution in [3.05, 3.63) is 66.0 Å². The molecule has 0 spiro atoms. The summed E-state index contributed by atoms with van der Waals surface area (Å²) in [7, 11) is 0. The van der Waals surface area contributed by atoms with Crippen LogP contribution in [-0.2, 0) is 0 Å². The zero-order valence-electron chi connectivity index (χ0n) is 16.7. The lowest BCUT2D eigenvalue weighted by Gasteiger charge is -2.22. The summed E-state index contributed by atoms with van der Waals surface area (Å²) in [6.45, 7) is 15.1. The molecule has 0 aromatic heterocycles. The van der Waals surface area contributed by atoms with Crippen molar-refractivity contribution in [3.8, 4) is 11.3 Å². The molecule has 0 saturated heterocycles. The molecule has 0 amide bonds. The van der Waals surface area contributed by atoms with Gasteiger partial charge in [0.25, 0.3) is 0 Å². The maximum Gasteiger partial charge on any atom is 0.137 e. The van der Waals surface area contributed by atoms with Crippen molar-refractivity contribution in [2.75, 3.05) is 24.5 Å². The lowest BCUT2D eigenvalue weighted by atomic mass is 9.93. The SMILES string of the molecule is C=C/C(=C\C)c1c2ccc(=NCC)cc-2oc2cc(N(CC)CC)ccc12.